The summed E-state index contributed by atoms with van der Waals surface area (Å²) in [5.41, 5.74) is 0.833. The van der Waals surface area contributed by atoms with Crippen LogP contribution in [-0.2, 0) is 28.8 Å². The van der Waals surface area contributed by atoms with Gasteiger partial charge in [-0.2, -0.15) is 13.2 Å². The van der Waals surface area contributed by atoms with Crippen molar-refractivity contribution in [2.45, 2.75) is 49.7 Å². The van der Waals surface area contributed by atoms with Crippen molar-refractivity contribution in [3.05, 3.63) is 65.8 Å². The minimum absolute atomic E-state index is 0.0243. The number of nitrogens with zero attached hydrogens (tertiary/aromatic N) is 5. The smallest absolute Gasteiger partial charge is 0.286 e. The number of hydrogen-bond acceptors (Lipinski definition) is 8. The second-order valence-corrected chi connectivity index (χ2v) is 10.3. The van der Waals surface area contributed by atoms with Gasteiger partial charge >= 0.3 is 0 Å². The second-order valence-electron chi connectivity index (χ2n) is 8.27. The molecule has 0 aromatic carbocycles. The van der Waals surface area contributed by atoms with Crippen molar-refractivity contribution in [1.82, 2.24) is 19.9 Å². The number of halogens is 3. The van der Waals surface area contributed by atoms with Crippen LogP contribution in [0.1, 0.15) is 36.7 Å². The highest BCUT2D eigenvalue weighted by molar-refractivity contribution is 7.90. The first-order valence-corrected chi connectivity index (χ1v) is 12.4. The average molecular weight is 493 g/mol. The number of anilines is 2. The van der Waals surface area contributed by atoms with Crippen molar-refractivity contribution in [3.63, 3.8) is 0 Å². The van der Waals surface area contributed by atoms with Crippen LogP contribution in [0.4, 0.5) is 24.8 Å². The molecule has 8 nitrogen and oxygen atoms in total. The van der Waals surface area contributed by atoms with E-state index in [-0.39, 0.29) is 41.4 Å². The number of hydrogen-bond donors (Lipinski definition) is 1. The van der Waals surface area contributed by atoms with Gasteiger partial charge in [0, 0.05) is 38.2 Å². The fraction of sp³-hybridized carbons (Fsp3) is 0.364. The molecule has 0 saturated heterocycles. The summed E-state index contributed by atoms with van der Waals surface area (Å²) in [5, 5.41) is 2.87. The molecule has 1 aliphatic rings. The summed E-state index contributed by atoms with van der Waals surface area (Å²) in [6, 6.07) is 5.88. The first kappa shape index (κ1) is 23.9. The van der Waals surface area contributed by atoms with E-state index in [1.54, 1.807) is 11.0 Å². The van der Waals surface area contributed by atoms with E-state index in [9.17, 15) is 17.2 Å². The van der Waals surface area contributed by atoms with Crippen LogP contribution < -0.4 is 10.2 Å². The molecule has 1 aliphatic carbocycles. The third kappa shape index (κ3) is 5.61. The van der Waals surface area contributed by atoms with Crippen LogP contribution in [0.5, 0.6) is 0 Å². The largest absolute Gasteiger partial charge is 0.362 e. The first-order valence-electron chi connectivity index (χ1n) is 10.5. The van der Waals surface area contributed by atoms with Gasteiger partial charge in [-0.05, 0) is 36.6 Å². The highest BCUT2D eigenvalue weighted by atomic mass is 32.2. The molecule has 180 valence electrons. The maximum Gasteiger partial charge on any atom is 0.286 e. The molecule has 0 atom stereocenters. The molecule has 3 heterocycles. The summed E-state index contributed by atoms with van der Waals surface area (Å²) < 4.78 is 65.3. The molecule has 1 N–H and O–H groups in total. The van der Waals surface area contributed by atoms with Crippen molar-refractivity contribution >= 4 is 21.5 Å². The zero-order valence-electron chi connectivity index (χ0n) is 18.5. The van der Waals surface area contributed by atoms with E-state index in [4.69, 9.17) is 0 Å². The summed E-state index contributed by atoms with van der Waals surface area (Å²) >= 11 is 0. The molecule has 0 bridgehead atoms. The van der Waals surface area contributed by atoms with Crippen molar-refractivity contribution in [2.75, 3.05) is 16.5 Å². The lowest BCUT2D eigenvalue weighted by molar-refractivity contribution is 0.0127. The molecule has 0 unspecified atom stereocenters. The van der Waals surface area contributed by atoms with Gasteiger partial charge in [-0.1, -0.05) is 6.07 Å². The van der Waals surface area contributed by atoms with Crippen LogP contribution in [0.15, 0.2) is 47.9 Å². The van der Waals surface area contributed by atoms with Crippen molar-refractivity contribution in [3.8, 4) is 0 Å². The van der Waals surface area contributed by atoms with Gasteiger partial charge < -0.3 is 10.2 Å². The second kappa shape index (κ2) is 9.16. The predicted molar refractivity (Wildman–Crippen MR) is 120 cm³/mol. The quantitative estimate of drug-likeness (QED) is 0.483. The fourth-order valence-electron chi connectivity index (χ4n) is 3.33. The molecular formula is C22H23F3N6O2S. The van der Waals surface area contributed by atoms with Crippen molar-refractivity contribution in [1.29, 1.82) is 0 Å². The van der Waals surface area contributed by atoms with Gasteiger partial charge in [0.15, 0.2) is 21.5 Å². The SMILES string of the molecule is CC(F)(F)c1ccc(CN(c2ncnc(NCc3ccc(S(C)(=O)=O)cn3)c2F)C2CC2)cn1. The molecule has 0 spiro atoms. The third-order valence-corrected chi connectivity index (χ3v) is 6.42. The molecule has 1 fully saturated rings. The summed E-state index contributed by atoms with van der Waals surface area (Å²) in [6.45, 7) is 1.17. The molecule has 34 heavy (non-hydrogen) atoms. The maximum absolute atomic E-state index is 15.3. The summed E-state index contributed by atoms with van der Waals surface area (Å²) in [6.07, 6.45) is 6.68. The zero-order chi connectivity index (χ0) is 24.5. The number of aromatic nitrogens is 4. The number of nitrogens with one attached hydrogen (secondary N) is 1. The lowest BCUT2D eigenvalue weighted by Crippen LogP contribution is -2.28. The van der Waals surface area contributed by atoms with E-state index in [1.165, 1.54) is 36.9 Å². The number of pyridine rings is 2. The van der Waals surface area contributed by atoms with E-state index >= 15 is 4.39 Å². The van der Waals surface area contributed by atoms with E-state index < -0.39 is 21.6 Å². The number of alkyl halides is 2. The van der Waals surface area contributed by atoms with Gasteiger partial charge in [-0.3, -0.25) is 9.97 Å². The van der Waals surface area contributed by atoms with Gasteiger partial charge in [0.1, 0.15) is 12.0 Å². The van der Waals surface area contributed by atoms with Crippen molar-refractivity contribution in [2.24, 2.45) is 0 Å². The molecule has 0 radical (unpaired) electrons. The maximum atomic E-state index is 15.3. The Balaban J connectivity index is 1.50. The predicted octanol–water partition coefficient (Wildman–Crippen LogP) is 3.70. The topological polar surface area (TPSA) is 101 Å². The van der Waals surface area contributed by atoms with Crippen LogP contribution in [0.3, 0.4) is 0 Å². The lowest BCUT2D eigenvalue weighted by atomic mass is 10.2. The Kier molecular flexibility index (Phi) is 6.43. The van der Waals surface area contributed by atoms with Crippen LogP contribution in [-0.4, -0.2) is 40.7 Å². The Morgan fingerprint density at radius 2 is 1.85 bits per heavy atom. The molecule has 1 saturated carbocycles. The minimum atomic E-state index is -3.36. The van der Waals surface area contributed by atoms with E-state index in [2.05, 4.69) is 25.3 Å². The highest BCUT2D eigenvalue weighted by Gasteiger charge is 2.33. The highest BCUT2D eigenvalue weighted by Crippen LogP contribution is 2.35. The average Bonchev–Trinajstić information content (AvgIpc) is 3.62. The first-order chi connectivity index (χ1) is 16.0. The van der Waals surface area contributed by atoms with Gasteiger partial charge in [0.25, 0.3) is 5.92 Å². The van der Waals surface area contributed by atoms with Gasteiger partial charge in [0.2, 0.25) is 5.82 Å². The van der Waals surface area contributed by atoms with Crippen molar-refractivity contribution < 1.29 is 21.6 Å². The lowest BCUT2D eigenvalue weighted by Gasteiger charge is -2.24. The Labute approximate surface area is 195 Å². The molecule has 4 rings (SSSR count). The van der Waals surface area contributed by atoms with Gasteiger partial charge in [-0.15, -0.1) is 0 Å². The minimum Gasteiger partial charge on any atom is -0.362 e. The van der Waals surface area contributed by atoms with E-state index in [1.807, 2.05) is 0 Å². The Morgan fingerprint density at radius 1 is 1.09 bits per heavy atom. The van der Waals surface area contributed by atoms with Gasteiger partial charge in [0.05, 0.1) is 17.1 Å². The van der Waals surface area contributed by atoms with Crippen LogP contribution in [0, 0.1) is 5.82 Å². The molecule has 0 amide bonds. The molecule has 3 aromatic rings. The Hall–Kier alpha value is -3.28. The van der Waals surface area contributed by atoms with Crippen LogP contribution >= 0.6 is 0 Å². The monoisotopic (exact) mass is 492 g/mol. The normalized spacial score (nSPS) is 14.1. The Bertz CT molecular complexity index is 1260. The van der Waals surface area contributed by atoms with E-state index in [0.717, 1.165) is 26.0 Å². The third-order valence-electron chi connectivity index (χ3n) is 5.32. The Morgan fingerprint density at radius 3 is 2.41 bits per heavy atom. The molecule has 3 aromatic heterocycles. The van der Waals surface area contributed by atoms with Crippen LogP contribution in [0.2, 0.25) is 0 Å². The van der Waals surface area contributed by atoms with Gasteiger partial charge in [-0.25, -0.2) is 18.4 Å². The molecular weight excluding hydrogens is 469 g/mol. The van der Waals surface area contributed by atoms with E-state index in [0.29, 0.717) is 11.3 Å². The summed E-state index contributed by atoms with van der Waals surface area (Å²) in [4.78, 5) is 17.9. The zero-order valence-corrected chi connectivity index (χ0v) is 19.4. The fourth-order valence-corrected chi connectivity index (χ4v) is 3.89. The standard InChI is InChI=1S/C22H23F3N6O2S/c1-22(24,25)18-8-3-14(9-27-18)12-31(16-5-6-16)21-19(23)20(29-13-30-21)28-10-15-4-7-17(11-26-15)34(2,32)33/h3-4,7-9,11,13,16H,5-6,10,12H2,1-2H3,(H,28,29,30). The summed E-state index contributed by atoms with van der Waals surface area (Å²) in [7, 11) is -3.36. The van der Waals surface area contributed by atoms with Crippen LogP contribution in [0.25, 0.3) is 0 Å². The summed E-state index contributed by atoms with van der Waals surface area (Å²) in [5.74, 6) is -3.60. The molecule has 12 heteroatoms. The number of sulfone groups is 1. The number of rotatable bonds is 9. The molecule has 0 aliphatic heterocycles.